The molecular formula is C22H20N2O5. The van der Waals surface area contributed by atoms with Crippen LogP contribution in [0.5, 0.6) is 5.75 Å². The molecule has 7 heteroatoms. The lowest BCUT2D eigenvalue weighted by molar-refractivity contribution is -0.0783. The van der Waals surface area contributed by atoms with Gasteiger partial charge in [0.2, 0.25) is 0 Å². The minimum atomic E-state index is -0.291. The number of hydroxylamine groups is 2. The second-order valence-electron chi connectivity index (χ2n) is 7.19. The number of furan rings is 1. The van der Waals surface area contributed by atoms with E-state index in [1.54, 1.807) is 30.3 Å². The summed E-state index contributed by atoms with van der Waals surface area (Å²) in [5.74, 6) is 0.593. The standard InChI is InChI=1S/C22H20N2O5/c25-21(15-4-6-18-14(11-15)3-1-9-27-18)23-17-5-7-19-16(12-17)13-20(29-19)22(26)24-8-2-10-28-24/h4-7,11-13H,1-3,8-10H2,(H,23,25). The Morgan fingerprint density at radius 2 is 1.93 bits per heavy atom. The summed E-state index contributed by atoms with van der Waals surface area (Å²) < 4.78 is 11.3. The average molecular weight is 392 g/mol. The van der Waals surface area contributed by atoms with Crippen molar-refractivity contribution in [2.24, 2.45) is 0 Å². The number of carbonyl (C=O) groups is 2. The molecule has 2 aromatic carbocycles. The lowest BCUT2D eigenvalue weighted by atomic mass is 10.0. The van der Waals surface area contributed by atoms with E-state index in [9.17, 15) is 9.59 Å². The van der Waals surface area contributed by atoms with Gasteiger partial charge in [0.1, 0.15) is 11.3 Å². The van der Waals surface area contributed by atoms with Crippen LogP contribution in [0.1, 0.15) is 39.3 Å². The third-order valence-electron chi connectivity index (χ3n) is 5.13. The summed E-state index contributed by atoms with van der Waals surface area (Å²) in [6.45, 7) is 1.82. The molecule has 0 aliphatic carbocycles. The summed E-state index contributed by atoms with van der Waals surface area (Å²) >= 11 is 0. The van der Waals surface area contributed by atoms with Gasteiger partial charge in [0.25, 0.3) is 5.91 Å². The highest BCUT2D eigenvalue weighted by Crippen LogP contribution is 2.27. The molecule has 2 amide bonds. The van der Waals surface area contributed by atoms with E-state index >= 15 is 0 Å². The summed E-state index contributed by atoms with van der Waals surface area (Å²) in [6.07, 6.45) is 2.69. The van der Waals surface area contributed by atoms with Crippen LogP contribution in [0, 0.1) is 0 Å². The van der Waals surface area contributed by atoms with Crippen molar-refractivity contribution in [3.63, 3.8) is 0 Å². The van der Waals surface area contributed by atoms with E-state index in [0.717, 1.165) is 42.6 Å². The third-order valence-corrected chi connectivity index (χ3v) is 5.13. The van der Waals surface area contributed by atoms with Crippen LogP contribution < -0.4 is 10.1 Å². The Bertz CT molecular complexity index is 1100. The van der Waals surface area contributed by atoms with Gasteiger partial charge in [0.15, 0.2) is 5.76 Å². The lowest BCUT2D eigenvalue weighted by Crippen LogP contribution is -2.25. The summed E-state index contributed by atoms with van der Waals surface area (Å²) in [5.41, 5.74) is 2.86. The van der Waals surface area contributed by atoms with Crippen molar-refractivity contribution < 1.29 is 23.6 Å². The smallest absolute Gasteiger partial charge is 0.313 e. The number of benzene rings is 2. The van der Waals surface area contributed by atoms with Crippen molar-refractivity contribution in [2.75, 3.05) is 25.1 Å². The van der Waals surface area contributed by atoms with Crippen LogP contribution in [-0.4, -0.2) is 36.6 Å². The SMILES string of the molecule is O=C(Nc1ccc2oc(C(=O)N3CCCO3)cc2c1)c1ccc2c(c1)CCCO2. The lowest BCUT2D eigenvalue weighted by Gasteiger charge is -2.17. The Kier molecular flexibility index (Phi) is 4.44. The first-order valence-electron chi connectivity index (χ1n) is 9.73. The van der Waals surface area contributed by atoms with Crippen molar-refractivity contribution in [2.45, 2.75) is 19.3 Å². The Labute approximate surface area is 167 Å². The fourth-order valence-electron chi connectivity index (χ4n) is 3.66. The predicted octanol–water partition coefficient (Wildman–Crippen LogP) is 3.79. The minimum absolute atomic E-state index is 0.192. The van der Waals surface area contributed by atoms with Crippen molar-refractivity contribution in [3.05, 3.63) is 59.4 Å². The fraction of sp³-hybridized carbons (Fsp3) is 0.273. The Morgan fingerprint density at radius 1 is 1.00 bits per heavy atom. The first-order chi connectivity index (χ1) is 14.2. The molecule has 2 aliphatic rings. The molecule has 0 bridgehead atoms. The molecule has 1 fully saturated rings. The number of amides is 2. The molecule has 0 unspecified atom stereocenters. The van der Waals surface area contributed by atoms with E-state index in [4.69, 9.17) is 14.0 Å². The highest BCUT2D eigenvalue weighted by molar-refractivity contribution is 6.05. The van der Waals surface area contributed by atoms with E-state index in [-0.39, 0.29) is 17.6 Å². The predicted molar refractivity (Wildman–Crippen MR) is 106 cm³/mol. The molecule has 1 saturated heterocycles. The van der Waals surface area contributed by atoms with E-state index in [1.165, 1.54) is 5.06 Å². The van der Waals surface area contributed by atoms with Gasteiger partial charge >= 0.3 is 5.91 Å². The molecular weight excluding hydrogens is 372 g/mol. The van der Waals surface area contributed by atoms with Gasteiger partial charge in [0, 0.05) is 16.6 Å². The van der Waals surface area contributed by atoms with Gasteiger partial charge in [-0.2, -0.15) is 0 Å². The van der Waals surface area contributed by atoms with E-state index < -0.39 is 0 Å². The van der Waals surface area contributed by atoms with Gasteiger partial charge in [-0.15, -0.1) is 0 Å². The van der Waals surface area contributed by atoms with Crippen LogP contribution in [0.4, 0.5) is 5.69 Å². The van der Waals surface area contributed by atoms with Gasteiger partial charge in [-0.3, -0.25) is 14.4 Å². The third kappa shape index (κ3) is 3.45. The van der Waals surface area contributed by atoms with Crippen molar-refractivity contribution in [1.82, 2.24) is 5.06 Å². The molecule has 3 heterocycles. The number of carbonyl (C=O) groups excluding carboxylic acids is 2. The number of nitrogens with one attached hydrogen (secondary N) is 1. The zero-order valence-electron chi connectivity index (χ0n) is 15.8. The highest BCUT2D eigenvalue weighted by Gasteiger charge is 2.24. The molecule has 0 radical (unpaired) electrons. The van der Waals surface area contributed by atoms with E-state index in [0.29, 0.717) is 30.0 Å². The van der Waals surface area contributed by atoms with Crippen LogP contribution in [0.25, 0.3) is 11.0 Å². The first-order valence-corrected chi connectivity index (χ1v) is 9.73. The molecule has 1 N–H and O–H groups in total. The zero-order valence-corrected chi connectivity index (χ0v) is 15.8. The normalized spacial score (nSPS) is 15.8. The number of hydrogen-bond donors (Lipinski definition) is 1. The number of anilines is 1. The largest absolute Gasteiger partial charge is 0.493 e. The molecule has 0 saturated carbocycles. The average Bonchev–Trinajstić information content (AvgIpc) is 3.42. The number of aryl methyl sites for hydroxylation is 1. The zero-order chi connectivity index (χ0) is 19.8. The molecule has 1 aromatic heterocycles. The van der Waals surface area contributed by atoms with Gasteiger partial charge in [-0.05, 0) is 67.3 Å². The molecule has 29 heavy (non-hydrogen) atoms. The van der Waals surface area contributed by atoms with Crippen LogP contribution in [0.15, 0.2) is 46.9 Å². The maximum atomic E-state index is 12.7. The van der Waals surface area contributed by atoms with Crippen LogP contribution >= 0.6 is 0 Å². The van der Waals surface area contributed by atoms with Crippen LogP contribution in [-0.2, 0) is 11.3 Å². The van der Waals surface area contributed by atoms with Gasteiger partial charge in [-0.25, -0.2) is 5.06 Å². The van der Waals surface area contributed by atoms with Crippen molar-refractivity contribution in [1.29, 1.82) is 0 Å². The number of rotatable bonds is 3. The second kappa shape index (κ2) is 7.25. The molecule has 0 atom stereocenters. The van der Waals surface area contributed by atoms with Crippen molar-refractivity contribution >= 4 is 28.5 Å². The Hall–Kier alpha value is -3.32. The molecule has 2 aliphatic heterocycles. The molecule has 5 rings (SSSR count). The topological polar surface area (TPSA) is 81.0 Å². The number of ether oxygens (including phenoxy) is 1. The van der Waals surface area contributed by atoms with Crippen molar-refractivity contribution in [3.8, 4) is 5.75 Å². The molecule has 3 aromatic rings. The quantitative estimate of drug-likeness (QED) is 0.734. The minimum Gasteiger partial charge on any atom is -0.493 e. The number of fused-ring (bicyclic) bond motifs is 2. The number of nitrogens with zero attached hydrogens (tertiary/aromatic N) is 1. The summed E-state index contributed by atoms with van der Waals surface area (Å²) in [4.78, 5) is 30.4. The maximum absolute atomic E-state index is 12.7. The fourth-order valence-corrected chi connectivity index (χ4v) is 3.66. The first kappa shape index (κ1) is 17.8. The monoisotopic (exact) mass is 392 g/mol. The summed E-state index contributed by atoms with van der Waals surface area (Å²) in [6, 6.07) is 12.5. The second-order valence-corrected chi connectivity index (χ2v) is 7.19. The Balaban J connectivity index is 1.35. The van der Waals surface area contributed by atoms with Gasteiger partial charge < -0.3 is 14.5 Å². The molecule has 0 spiro atoms. The van der Waals surface area contributed by atoms with E-state index in [2.05, 4.69) is 5.32 Å². The molecule has 148 valence electrons. The highest BCUT2D eigenvalue weighted by atomic mass is 16.7. The molecule has 7 nitrogen and oxygen atoms in total. The summed E-state index contributed by atoms with van der Waals surface area (Å²) in [7, 11) is 0. The Morgan fingerprint density at radius 3 is 2.79 bits per heavy atom. The summed E-state index contributed by atoms with van der Waals surface area (Å²) in [5, 5.41) is 4.97. The van der Waals surface area contributed by atoms with Crippen LogP contribution in [0.3, 0.4) is 0 Å². The van der Waals surface area contributed by atoms with Crippen LogP contribution in [0.2, 0.25) is 0 Å². The number of hydrogen-bond acceptors (Lipinski definition) is 5. The van der Waals surface area contributed by atoms with Gasteiger partial charge in [-0.1, -0.05) is 0 Å². The maximum Gasteiger partial charge on any atom is 0.313 e. The van der Waals surface area contributed by atoms with Gasteiger partial charge in [0.05, 0.1) is 19.8 Å². The van der Waals surface area contributed by atoms with E-state index in [1.807, 2.05) is 12.1 Å².